The van der Waals surface area contributed by atoms with Gasteiger partial charge in [-0.3, -0.25) is 19.9 Å². The molecular weight excluding hydrogens is 318 g/mol. The van der Waals surface area contributed by atoms with Gasteiger partial charge in [0, 0.05) is 36.3 Å². The molecule has 1 heterocycles. The van der Waals surface area contributed by atoms with E-state index < -0.39 is 4.92 Å². The zero-order chi connectivity index (χ0) is 17.6. The molecule has 25 heavy (non-hydrogen) atoms. The molecule has 0 spiro atoms. The number of amidine groups is 1. The third-order valence-corrected chi connectivity index (χ3v) is 4.16. The summed E-state index contributed by atoms with van der Waals surface area (Å²) in [5.74, 6) is 0.733. The van der Waals surface area contributed by atoms with Crippen LogP contribution in [-0.2, 0) is 0 Å². The van der Waals surface area contributed by atoms with E-state index in [1.165, 1.54) is 18.2 Å². The van der Waals surface area contributed by atoms with Crippen LogP contribution >= 0.6 is 0 Å². The lowest BCUT2D eigenvalue weighted by molar-refractivity contribution is -0.384. The number of nitro groups is 1. The van der Waals surface area contributed by atoms with Gasteiger partial charge in [0.25, 0.3) is 5.69 Å². The third-order valence-electron chi connectivity index (χ3n) is 4.16. The van der Waals surface area contributed by atoms with Crippen molar-refractivity contribution in [2.24, 2.45) is 4.99 Å². The monoisotopic (exact) mass is 337 g/mol. The Morgan fingerprint density at radius 3 is 2.60 bits per heavy atom. The number of carbonyl (C=O) groups is 1. The van der Waals surface area contributed by atoms with E-state index in [-0.39, 0.29) is 18.0 Å². The molecule has 128 valence electrons. The molecule has 0 saturated heterocycles. The van der Waals surface area contributed by atoms with Gasteiger partial charge in [0.2, 0.25) is 0 Å². The van der Waals surface area contributed by atoms with Gasteiger partial charge >= 0.3 is 0 Å². The first-order valence-electron chi connectivity index (χ1n) is 8.29. The average Bonchev–Trinajstić information content (AvgIpc) is 2.67. The second-order valence-electron chi connectivity index (χ2n) is 5.91. The Morgan fingerprint density at radius 2 is 1.92 bits per heavy atom. The van der Waals surface area contributed by atoms with Gasteiger partial charge in [-0.05, 0) is 25.0 Å². The largest absolute Gasteiger partial charge is 0.322 e. The van der Waals surface area contributed by atoms with Crippen molar-refractivity contribution in [3.63, 3.8) is 0 Å². The lowest BCUT2D eigenvalue weighted by Crippen LogP contribution is -2.37. The number of ketones is 1. The number of hydrogen-bond donors (Lipinski definition) is 0. The molecule has 0 bridgehead atoms. The fourth-order valence-electron chi connectivity index (χ4n) is 2.87. The van der Waals surface area contributed by atoms with Crippen LogP contribution in [0.5, 0.6) is 0 Å². The summed E-state index contributed by atoms with van der Waals surface area (Å²) in [6.45, 7) is 0.883. The van der Waals surface area contributed by atoms with Gasteiger partial charge in [-0.1, -0.05) is 30.3 Å². The molecule has 0 saturated carbocycles. The maximum absolute atomic E-state index is 12.7. The molecule has 0 radical (unpaired) electrons. The standard InChI is InChI=1S/C19H19N3O3/c23-18(15-7-6-10-17(13-15)22(24)25)14-21(16-8-2-1-3-9-16)19-11-4-5-12-20-19/h1-3,6-10,13H,4-5,11-12,14H2. The first kappa shape index (κ1) is 16.8. The lowest BCUT2D eigenvalue weighted by Gasteiger charge is -2.27. The number of benzene rings is 2. The van der Waals surface area contributed by atoms with E-state index in [4.69, 9.17) is 0 Å². The van der Waals surface area contributed by atoms with Crippen molar-refractivity contribution < 1.29 is 9.72 Å². The minimum absolute atomic E-state index is 0.0767. The number of anilines is 1. The Balaban J connectivity index is 1.87. The van der Waals surface area contributed by atoms with Crippen molar-refractivity contribution in [1.29, 1.82) is 0 Å². The van der Waals surface area contributed by atoms with Crippen molar-refractivity contribution in [2.45, 2.75) is 19.3 Å². The van der Waals surface area contributed by atoms with Crippen LogP contribution in [0.1, 0.15) is 29.6 Å². The maximum atomic E-state index is 12.7. The number of nitro benzene ring substituents is 1. The van der Waals surface area contributed by atoms with Gasteiger partial charge in [-0.15, -0.1) is 0 Å². The predicted octanol–water partition coefficient (Wildman–Crippen LogP) is 3.87. The van der Waals surface area contributed by atoms with Gasteiger partial charge in [-0.25, -0.2) is 0 Å². The number of non-ortho nitro benzene ring substituents is 1. The van der Waals surface area contributed by atoms with Gasteiger partial charge in [0.1, 0.15) is 5.84 Å². The summed E-state index contributed by atoms with van der Waals surface area (Å²) < 4.78 is 0. The highest BCUT2D eigenvalue weighted by Crippen LogP contribution is 2.20. The van der Waals surface area contributed by atoms with Crippen LogP contribution in [0.25, 0.3) is 0 Å². The fraction of sp³-hybridized carbons (Fsp3) is 0.263. The molecule has 2 aromatic carbocycles. The predicted molar refractivity (Wildman–Crippen MR) is 97.4 cm³/mol. The molecule has 0 aliphatic carbocycles. The molecule has 1 aliphatic heterocycles. The minimum atomic E-state index is -0.489. The number of rotatable bonds is 5. The van der Waals surface area contributed by atoms with E-state index in [1.807, 2.05) is 35.2 Å². The smallest absolute Gasteiger partial charge is 0.270 e. The highest BCUT2D eigenvalue weighted by molar-refractivity contribution is 6.07. The van der Waals surface area contributed by atoms with Crippen molar-refractivity contribution in [2.75, 3.05) is 18.0 Å². The Hall–Kier alpha value is -3.02. The Labute approximate surface area is 146 Å². The number of para-hydroxylation sites is 1. The molecule has 6 heteroatoms. The Kier molecular flexibility index (Phi) is 5.18. The van der Waals surface area contributed by atoms with Gasteiger partial charge in [0.05, 0.1) is 11.5 Å². The molecule has 0 unspecified atom stereocenters. The van der Waals surface area contributed by atoms with E-state index in [1.54, 1.807) is 6.07 Å². The van der Waals surface area contributed by atoms with E-state index in [0.717, 1.165) is 37.3 Å². The topological polar surface area (TPSA) is 75.8 Å². The normalized spacial score (nSPS) is 13.8. The average molecular weight is 337 g/mol. The Morgan fingerprint density at radius 1 is 1.12 bits per heavy atom. The molecule has 0 aromatic heterocycles. The molecule has 2 aromatic rings. The summed E-state index contributed by atoms with van der Waals surface area (Å²) in [5.41, 5.74) is 1.17. The summed E-state index contributed by atoms with van der Waals surface area (Å²) in [4.78, 5) is 29.7. The summed E-state index contributed by atoms with van der Waals surface area (Å²) in [6, 6.07) is 15.5. The summed E-state index contributed by atoms with van der Waals surface area (Å²) >= 11 is 0. The quantitative estimate of drug-likeness (QED) is 0.471. The first-order chi connectivity index (χ1) is 12.1. The second kappa shape index (κ2) is 7.70. The van der Waals surface area contributed by atoms with E-state index in [9.17, 15) is 14.9 Å². The van der Waals surface area contributed by atoms with Crippen LogP contribution in [0, 0.1) is 10.1 Å². The van der Waals surface area contributed by atoms with Crippen molar-refractivity contribution in [3.8, 4) is 0 Å². The van der Waals surface area contributed by atoms with Crippen molar-refractivity contribution in [1.82, 2.24) is 0 Å². The lowest BCUT2D eigenvalue weighted by atomic mass is 10.1. The van der Waals surface area contributed by atoms with Crippen LogP contribution in [0.15, 0.2) is 59.6 Å². The van der Waals surface area contributed by atoms with Crippen LogP contribution < -0.4 is 4.90 Å². The van der Waals surface area contributed by atoms with E-state index >= 15 is 0 Å². The second-order valence-corrected chi connectivity index (χ2v) is 5.91. The zero-order valence-corrected chi connectivity index (χ0v) is 13.8. The molecule has 0 N–H and O–H groups in total. The SMILES string of the molecule is O=C(CN(C1=NCCCC1)c1ccccc1)c1cccc([N+](=O)[O-])c1. The third kappa shape index (κ3) is 4.09. The maximum Gasteiger partial charge on any atom is 0.270 e. The number of carbonyl (C=O) groups excluding carboxylic acids is 1. The van der Waals surface area contributed by atoms with Crippen molar-refractivity contribution >= 4 is 23.0 Å². The van der Waals surface area contributed by atoms with E-state index in [0.29, 0.717) is 5.56 Å². The van der Waals surface area contributed by atoms with Crippen LogP contribution in [-0.4, -0.2) is 29.6 Å². The molecule has 1 aliphatic rings. The molecular formula is C19H19N3O3. The van der Waals surface area contributed by atoms with Crippen LogP contribution in [0.4, 0.5) is 11.4 Å². The van der Waals surface area contributed by atoms with Crippen LogP contribution in [0.2, 0.25) is 0 Å². The molecule has 3 rings (SSSR count). The zero-order valence-electron chi connectivity index (χ0n) is 13.8. The minimum Gasteiger partial charge on any atom is -0.322 e. The van der Waals surface area contributed by atoms with E-state index in [2.05, 4.69) is 4.99 Å². The molecule has 0 amide bonds. The summed E-state index contributed by atoms with van der Waals surface area (Å²) in [7, 11) is 0. The number of hydrogen-bond acceptors (Lipinski definition) is 5. The Bertz CT molecular complexity index is 803. The highest BCUT2D eigenvalue weighted by Gasteiger charge is 2.20. The fourth-order valence-corrected chi connectivity index (χ4v) is 2.87. The van der Waals surface area contributed by atoms with Gasteiger partial charge in [-0.2, -0.15) is 0 Å². The summed E-state index contributed by atoms with van der Waals surface area (Å²) in [5, 5.41) is 10.9. The molecule has 0 atom stereocenters. The van der Waals surface area contributed by atoms with Crippen molar-refractivity contribution in [3.05, 3.63) is 70.3 Å². The van der Waals surface area contributed by atoms with Gasteiger partial charge < -0.3 is 4.90 Å². The molecule has 0 fully saturated rings. The summed E-state index contributed by atoms with van der Waals surface area (Å²) in [6.07, 6.45) is 2.94. The number of aliphatic imine (C=N–C) groups is 1. The molecule has 6 nitrogen and oxygen atoms in total. The highest BCUT2D eigenvalue weighted by atomic mass is 16.6. The van der Waals surface area contributed by atoms with Gasteiger partial charge in [0.15, 0.2) is 5.78 Å². The number of Topliss-reactive ketones (excluding diaryl/α,β-unsaturated/α-hetero) is 1. The number of nitrogens with zero attached hydrogens (tertiary/aromatic N) is 3. The first-order valence-corrected chi connectivity index (χ1v) is 8.29. The van der Waals surface area contributed by atoms with Crippen LogP contribution in [0.3, 0.4) is 0 Å².